The molecule has 2 aliphatic rings. The number of nitrogens with one attached hydrogen (secondary N) is 1. The molecule has 0 aromatic heterocycles. The fourth-order valence-electron chi connectivity index (χ4n) is 2.63. The summed E-state index contributed by atoms with van der Waals surface area (Å²) in [6, 6.07) is 13.4. The molecule has 8 heteroatoms. The maximum atomic E-state index is 11.9. The second-order valence-corrected chi connectivity index (χ2v) is 8.56. The van der Waals surface area contributed by atoms with Crippen LogP contribution in [0.4, 0.5) is 0 Å². The van der Waals surface area contributed by atoms with Crippen molar-refractivity contribution in [2.45, 2.75) is 4.58 Å². The van der Waals surface area contributed by atoms with Crippen LogP contribution in [0.5, 0.6) is 17.2 Å². The lowest BCUT2D eigenvalue weighted by Gasteiger charge is -2.10. The van der Waals surface area contributed by atoms with Crippen LogP contribution in [0.2, 0.25) is 0 Å². The van der Waals surface area contributed by atoms with Gasteiger partial charge in [0.15, 0.2) is 18.1 Å². The van der Waals surface area contributed by atoms with Crippen molar-refractivity contribution in [1.29, 1.82) is 0 Å². The molecular weight excluding hydrogens is 384 g/mol. The minimum atomic E-state index is -0.321. The zero-order chi connectivity index (χ0) is 18.5. The molecule has 2 aromatic rings. The molecule has 1 fully saturated rings. The molecule has 2 aliphatic heterocycles. The summed E-state index contributed by atoms with van der Waals surface area (Å²) in [6.07, 6.45) is 1.55. The van der Waals surface area contributed by atoms with Gasteiger partial charge in [-0.2, -0.15) is 5.10 Å². The molecule has 0 radical (unpaired) electrons. The number of hydrazone groups is 1. The van der Waals surface area contributed by atoms with Crippen molar-refractivity contribution in [1.82, 2.24) is 5.43 Å². The quantitative estimate of drug-likeness (QED) is 0.590. The first-order valence-corrected chi connectivity index (χ1v) is 10.6. The first-order valence-electron chi connectivity index (χ1n) is 8.45. The molecule has 1 N–H and O–H groups in total. The van der Waals surface area contributed by atoms with Crippen LogP contribution in [0.3, 0.4) is 0 Å². The molecule has 0 bridgehead atoms. The summed E-state index contributed by atoms with van der Waals surface area (Å²) in [5, 5.41) is 3.94. The van der Waals surface area contributed by atoms with Gasteiger partial charge < -0.3 is 14.2 Å². The van der Waals surface area contributed by atoms with Gasteiger partial charge >= 0.3 is 0 Å². The summed E-state index contributed by atoms with van der Waals surface area (Å²) in [5.41, 5.74) is 4.54. The number of benzene rings is 2. The van der Waals surface area contributed by atoms with E-state index in [1.54, 1.807) is 18.3 Å². The summed E-state index contributed by atoms with van der Waals surface area (Å²) in [5.74, 6) is 4.12. The van der Waals surface area contributed by atoms with Gasteiger partial charge in [0.25, 0.3) is 5.91 Å². The molecule has 1 saturated heterocycles. The smallest absolute Gasteiger partial charge is 0.277 e. The minimum Gasteiger partial charge on any atom is -0.484 e. The molecule has 2 heterocycles. The van der Waals surface area contributed by atoms with Gasteiger partial charge in [-0.05, 0) is 41.5 Å². The van der Waals surface area contributed by atoms with Gasteiger partial charge in [-0.3, -0.25) is 4.79 Å². The van der Waals surface area contributed by atoms with Crippen molar-refractivity contribution in [3.63, 3.8) is 0 Å². The van der Waals surface area contributed by atoms with Crippen molar-refractivity contribution in [3.05, 3.63) is 53.6 Å². The molecule has 0 saturated carbocycles. The van der Waals surface area contributed by atoms with E-state index in [9.17, 15) is 4.79 Å². The Labute approximate surface area is 165 Å². The molecule has 6 nitrogen and oxygen atoms in total. The van der Waals surface area contributed by atoms with Gasteiger partial charge in [0.05, 0.1) is 10.8 Å². The number of hydrogen-bond acceptors (Lipinski definition) is 7. The molecule has 0 atom stereocenters. The van der Waals surface area contributed by atoms with Crippen molar-refractivity contribution in [2.75, 3.05) is 24.9 Å². The first kappa shape index (κ1) is 18.1. The third-order valence-corrected chi connectivity index (χ3v) is 7.05. The summed E-state index contributed by atoms with van der Waals surface area (Å²) in [6.45, 7) is 0.133. The van der Waals surface area contributed by atoms with E-state index in [0.717, 1.165) is 5.56 Å². The van der Waals surface area contributed by atoms with Crippen LogP contribution in [-0.2, 0) is 4.79 Å². The number of thioether (sulfide) groups is 2. The Morgan fingerprint density at radius 2 is 1.93 bits per heavy atom. The molecule has 1 amide bonds. The highest BCUT2D eigenvalue weighted by Crippen LogP contribution is 2.45. The van der Waals surface area contributed by atoms with Crippen molar-refractivity contribution >= 4 is 35.6 Å². The minimum absolute atomic E-state index is 0.0925. The van der Waals surface area contributed by atoms with E-state index < -0.39 is 0 Å². The predicted molar refractivity (Wildman–Crippen MR) is 108 cm³/mol. The van der Waals surface area contributed by atoms with Crippen LogP contribution in [0, 0.1) is 0 Å². The SMILES string of the molecule is O=C(COc1ccc(C2SCCS2)cc1)N/N=C\c1ccc2c(c1)OCO2. The summed E-state index contributed by atoms with van der Waals surface area (Å²) in [7, 11) is 0. The molecule has 0 aliphatic carbocycles. The zero-order valence-corrected chi connectivity index (χ0v) is 16.1. The average molecular weight is 402 g/mol. The monoisotopic (exact) mass is 402 g/mol. The Bertz CT molecular complexity index is 836. The first-order chi connectivity index (χ1) is 13.3. The van der Waals surface area contributed by atoms with Crippen LogP contribution in [-0.4, -0.2) is 37.0 Å². The number of fused-ring (bicyclic) bond motifs is 1. The van der Waals surface area contributed by atoms with E-state index in [2.05, 4.69) is 22.7 Å². The third-order valence-electron chi connectivity index (χ3n) is 3.94. The Balaban J connectivity index is 1.23. The van der Waals surface area contributed by atoms with Gasteiger partial charge in [0.2, 0.25) is 6.79 Å². The fourth-order valence-corrected chi connectivity index (χ4v) is 5.48. The molecule has 140 valence electrons. The number of ether oxygens (including phenoxy) is 3. The maximum absolute atomic E-state index is 11.9. The summed E-state index contributed by atoms with van der Waals surface area (Å²) in [4.78, 5) is 11.9. The lowest BCUT2D eigenvalue weighted by atomic mass is 10.2. The average Bonchev–Trinajstić information content (AvgIpc) is 3.38. The van der Waals surface area contributed by atoms with Gasteiger partial charge in [-0.25, -0.2) is 5.43 Å². The molecule has 27 heavy (non-hydrogen) atoms. The number of rotatable bonds is 6. The summed E-state index contributed by atoms with van der Waals surface area (Å²) < 4.78 is 16.6. The number of carbonyl (C=O) groups is 1. The number of hydrogen-bond donors (Lipinski definition) is 1. The Morgan fingerprint density at radius 1 is 1.15 bits per heavy atom. The highest BCUT2D eigenvalue weighted by Gasteiger charge is 2.18. The topological polar surface area (TPSA) is 69.2 Å². The zero-order valence-electron chi connectivity index (χ0n) is 14.4. The molecule has 0 unspecified atom stereocenters. The van der Waals surface area contributed by atoms with E-state index in [4.69, 9.17) is 14.2 Å². The highest BCUT2D eigenvalue weighted by molar-refractivity contribution is 8.19. The van der Waals surface area contributed by atoms with Crippen molar-refractivity contribution in [2.24, 2.45) is 5.10 Å². The maximum Gasteiger partial charge on any atom is 0.277 e. The highest BCUT2D eigenvalue weighted by atomic mass is 32.2. The van der Waals surface area contributed by atoms with E-state index in [1.165, 1.54) is 17.1 Å². The summed E-state index contributed by atoms with van der Waals surface area (Å²) >= 11 is 3.92. The fraction of sp³-hybridized carbons (Fsp3) is 0.263. The molecule has 2 aromatic carbocycles. The largest absolute Gasteiger partial charge is 0.484 e. The lowest BCUT2D eigenvalue weighted by molar-refractivity contribution is -0.123. The van der Waals surface area contributed by atoms with E-state index in [1.807, 2.05) is 41.7 Å². The normalized spacial score (nSPS) is 16.0. The predicted octanol–water partition coefficient (Wildman–Crippen LogP) is 3.42. The van der Waals surface area contributed by atoms with Crippen molar-refractivity contribution in [3.8, 4) is 17.2 Å². The third kappa shape index (κ3) is 4.70. The number of amides is 1. The van der Waals surface area contributed by atoms with Gasteiger partial charge in [-0.15, -0.1) is 23.5 Å². The van der Waals surface area contributed by atoms with Crippen LogP contribution < -0.4 is 19.6 Å². The lowest BCUT2D eigenvalue weighted by Crippen LogP contribution is -2.24. The second kappa shape index (κ2) is 8.58. The molecular formula is C19H18N2O4S2. The van der Waals surface area contributed by atoms with Gasteiger partial charge in [0.1, 0.15) is 5.75 Å². The second-order valence-electron chi connectivity index (χ2n) is 5.84. The number of nitrogens with zero attached hydrogens (tertiary/aromatic N) is 1. The van der Waals surface area contributed by atoms with E-state index >= 15 is 0 Å². The van der Waals surface area contributed by atoms with E-state index in [0.29, 0.717) is 21.8 Å². The van der Waals surface area contributed by atoms with Crippen LogP contribution >= 0.6 is 23.5 Å². The van der Waals surface area contributed by atoms with Crippen molar-refractivity contribution < 1.29 is 19.0 Å². The Morgan fingerprint density at radius 3 is 2.74 bits per heavy atom. The van der Waals surface area contributed by atoms with Gasteiger partial charge in [-0.1, -0.05) is 12.1 Å². The van der Waals surface area contributed by atoms with E-state index in [-0.39, 0.29) is 19.3 Å². The standard InChI is InChI=1S/C19H18N2O4S2/c22-18(21-20-10-13-1-6-16-17(9-13)25-12-24-16)11-23-15-4-2-14(3-5-15)19-26-7-8-27-19/h1-6,9-10,19H,7-8,11-12H2,(H,21,22)/b20-10-. The Hall–Kier alpha value is -2.32. The molecule has 4 rings (SSSR count). The van der Waals surface area contributed by atoms with Crippen LogP contribution in [0.1, 0.15) is 15.7 Å². The van der Waals surface area contributed by atoms with Crippen LogP contribution in [0.15, 0.2) is 47.6 Å². The van der Waals surface area contributed by atoms with Gasteiger partial charge in [0, 0.05) is 11.5 Å². The van der Waals surface area contributed by atoms with Crippen LogP contribution in [0.25, 0.3) is 0 Å². The molecule has 0 spiro atoms. The number of carbonyl (C=O) groups excluding carboxylic acids is 1. The Kier molecular flexibility index (Phi) is 5.74.